The molecule has 148 valence electrons. The van der Waals surface area contributed by atoms with Gasteiger partial charge in [-0.25, -0.2) is 15.0 Å². The maximum Gasteiger partial charge on any atom is 0.213 e. The van der Waals surface area contributed by atoms with Gasteiger partial charge in [0.1, 0.15) is 17.7 Å². The van der Waals surface area contributed by atoms with Crippen molar-refractivity contribution in [3.8, 4) is 0 Å². The van der Waals surface area contributed by atoms with E-state index in [0.29, 0.717) is 6.04 Å². The van der Waals surface area contributed by atoms with E-state index in [4.69, 9.17) is 0 Å². The maximum atomic E-state index is 13.1. The number of thiophene rings is 1. The van der Waals surface area contributed by atoms with E-state index in [9.17, 15) is 4.39 Å². The Morgan fingerprint density at radius 3 is 2.93 bits per heavy atom. The van der Waals surface area contributed by atoms with Crippen molar-refractivity contribution in [2.45, 2.75) is 36.6 Å². The second-order valence-corrected chi connectivity index (χ2v) is 8.71. The van der Waals surface area contributed by atoms with Gasteiger partial charge in [0, 0.05) is 35.6 Å². The molecule has 0 atom stereocenters. The highest BCUT2D eigenvalue weighted by atomic mass is 32.2. The Balaban J connectivity index is 1.26. The van der Waals surface area contributed by atoms with Crippen LogP contribution in [0.1, 0.15) is 24.8 Å². The summed E-state index contributed by atoms with van der Waals surface area (Å²) >= 11 is 3.48. The fourth-order valence-electron chi connectivity index (χ4n) is 3.68. The minimum Gasteiger partial charge on any atom is -0.355 e. The number of anilines is 1. The summed E-state index contributed by atoms with van der Waals surface area (Å²) in [4.78, 5) is 16.3. The first kappa shape index (κ1) is 19.5. The summed E-state index contributed by atoms with van der Waals surface area (Å²) in [5.41, 5.74) is 2.09. The Hall–Kier alpha value is -1.77. The van der Waals surface area contributed by atoms with Crippen molar-refractivity contribution in [1.82, 2.24) is 20.3 Å². The number of aryl methyl sites for hydroxylation is 1. The van der Waals surface area contributed by atoms with Crippen LogP contribution in [-0.4, -0.2) is 46.9 Å². The second-order valence-electron chi connectivity index (χ2n) is 6.98. The molecule has 4 rings (SSSR count). The van der Waals surface area contributed by atoms with Gasteiger partial charge in [0.15, 0.2) is 0 Å². The number of fused-ring (bicyclic) bond motifs is 1. The van der Waals surface area contributed by atoms with Gasteiger partial charge in [-0.15, -0.1) is 23.1 Å². The normalized spacial score (nSPS) is 15.4. The lowest BCUT2D eigenvalue weighted by Crippen LogP contribution is -2.43. The third-order valence-corrected chi connectivity index (χ3v) is 7.05. The first-order chi connectivity index (χ1) is 13.7. The van der Waals surface area contributed by atoms with Gasteiger partial charge in [0.05, 0.1) is 4.70 Å². The van der Waals surface area contributed by atoms with Crippen LogP contribution >= 0.6 is 23.1 Å². The molecule has 0 aromatic carbocycles. The molecule has 1 fully saturated rings. The fourth-order valence-corrected chi connectivity index (χ4v) is 5.52. The maximum absolute atomic E-state index is 13.1. The first-order valence-corrected chi connectivity index (χ1v) is 11.7. The zero-order valence-corrected chi connectivity index (χ0v) is 17.5. The van der Waals surface area contributed by atoms with Crippen LogP contribution in [0.25, 0.3) is 10.2 Å². The largest absolute Gasteiger partial charge is 0.355 e. The smallest absolute Gasteiger partial charge is 0.213 e. The number of halogens is 1. The van der Waals surface area contributed by atoms with Crippen LogP contribution in [0.5, 0.6) is 0 Å². The topological polar surface area (TPSA) is 53.9 Å². The lowest BCUT2D eigenvalue weighted by Gasteiger charge is -2.33. The van der Waals surface area contributed by atoms with Crippen LogP contribution in [0.15, 0.2) is 34.9 Å². The number of piperidine rings is 1. The average Bonchev–Trinajstić information content (AvgIpc) is 3.15. The Labute approximate surface area is 172 Å². The molecule has 5 nitrogen and oxygen atoms in total. The molecule has 0 radical (unpaired) electrons. The van der Waals surface area contributed by atoms with Crippen LogP contribution in [0, 0.1) is 5.95 Å². The van der Waals surface area contributed by atoms with E-state index in [2.05, 4.69) is 36.8 Å². The highest BCUT2D eigenvalue weighted by molar-refractivity contribution is 7.99. The van der Waals surface area contributed by atoms with Crippen LogP contribution in [0.3, 0.4) is 0 Å². The number of nitrogens with one attached hydrogen (secondary N) is 1. The summed E-state index contributed by atoms with van der Waals surface area (Å²) in [6.07, 6.45) is 9.41. The third-order valence-electron chi connectivity index (χ3n) is 5.18. The molecule has 0 unspecified atom stereocenters. The van der Waals surface area contributed by atoms with E-state index >= 15 is 0 Å². The zero-order valence-electron chi connectivity index (χ0n) is 15.9. The molecular formula is C20H24FN5S2. The molecule has 3 aromatic heterocycles. The summed E-state index contributed by atoms with van der Waals surface area (Å²) in [6.45, 7) is 2.96. The molecule has 0 saturated carbocycles. The van der Waals surface area contributed by atoms with Gasteiger partial charge in [-0.2, -0.15) is 4.39 Å². The van der Waals surface area contributed by atoms with E-state index < -0.39 is 5.95 Å². The van der Waals surface area contributed by atoms with Gasteiger partial charge in [-0.1, -0.05) is 0 Å². The summed E-state index contributed by atoms with van der Waals surface area (Å²) in [6, 6.07) is 3.94. The molecule has 0 bridgehead atoms. The zero-order chi connectivity index (χ0) is 19.3. The predicted molar refractivity (Wildman–Crippen MR) is 115 cm³/mol. The van der Waals surface area contributed by atoms with Gasteiger partial charge in [-0.3, -0.25) is 0 Å². The molecule has 0 spiro atoms. The summed E-state index contributed by atoms with van der Waals surface area (Å²) in [5.74, 6) is 0.681. The van der Waals surface area contributed by atoms with E-state index in [1.54, 1.807) is 29.4 Å². The number of pyridine rings is 1. The first-order valence-electron chi connectivity index (χ1n) is 9.59. The molecular weight excluding hydrogens is 393 g/mol. The number of hydrogen-bond acceptors (Lipinski definition) is 7. The van der Waals surface area contributed by atoms with Gasteiger partial charge in [0.25, 0.3) is 0 Å². The van der Waals surface area contributed by atoms with Crippen molar-refractivity contribution in [2.24, 2.45) is 0 Å². The molecule has 1 N–H and O–H groups in total. The average molecular weight is 418 g/mol. The van der Waals surface area contributed by atoms with Crippen molar-refractivity contribution < 1.29 is 4.39 Å². The SMILES string of the molecule is CSc1csc2c(N3CCC(NCCCc4ccnc(F)c4)CC3)ncnc12. The fraction of sp³-hybridized carbons (Fsp3) is 0.450. The van der Waals surface area contributed by atoms with Crippen molar-refractivity contribution in [2.75, 3.05) is 30.8 Å². The standard InChI is InChI=1S/C20H24FN5S2/c1-27-16-12-28-19-18(16)24-13-25-20(19)26-9-5-15(6-10-26)22-7-2-3-14-4-8-23-17(21)11-14/h4,8,11-13,15,22H,2-3,5-7,9-10H2,1H3. The minimum absolute atomic E-state index is 0.396. The Bertz CT molecular complexity index is 924. The highest BCUT2D eigenvalue weighted by Crippen LogP contribution is 2.36. The third kappa shape index (κ3) is 4.45. The van der Waals surface area contributed by atoms with Crippen LogP contribution < -0.4 is 10.2 Å². The minimum atomic E-state index is -0.396. The number of aromatic nitrogens is 3. The monoisotopic (exact) mass is 417 g/mol. The Morgan fingerprint density at radius 2 is 2.14 bits per heavy atom. The van der Waals surface area contributed by atoms with Gasteiger partial charge in [-0.05, 0) is 56.2 Å². The quantitative estimate of drug-likeness (QED) is 0.354. The molecule has 8 heteroatoms. The van der Waals surface area contributed by atoms with Gasteiger partial charge >= 0.3 is 0 Å². The Kier molecular flexibility index (Phi) is 6.39. The molecule has 3 aromatic rings. The van der Waals surface area contributed by atoms with Crippen molar-refractivity contribution in [3.05, 3.63) is 41.5 Å². The molecule has 1 aliphatic heterocycles. The number of hydrogen-bond donors (Lipinski definition) is 1. The van der Waals surface area contributed by atoms with E-state index in [1.807, 2.05) is 6.07 Å². The van der Waals surface area contributed by atoms with Crippen LogP contribution in [0.2, 0.25) is 0 Å². The molecule has 28 heavy (non-hydrogen) atoms. The van der Waals surface area contributed by atoms with Crippen molar-refractivity contribution in [1.29, 1.82) is 0 Å². The lowest BCUT2D eigenvalue weighted by atomic mass is 10.0. The lowest BCUT2D eigenvalue weighted by molar-refractivity contribution is 0.412. The van der Waals surface area contributed by atoms with Gasteiger partial charge in [0.2, 0.25) is 5.95 Å². The molecule has 0 amide bonds. The van der Waals surface area contributed by atoms with E-state index in [1.165, 1.54) is 21.9 Å². The van der Waals surface area contributed by atoms with Crippen molar-refractivity contribution in [3.63, 3.8) is 0 Å². The summed E-state index contributed by atoms with van der Waals surface area (Å²) in [5, 5.41) is 5.84. The number of nitrogens with zero attached hydrogens (tertiary/aromatic N) is 4. The van der Waals surface area contributed by atoms with E-state index in [0.717, 1.165) is 62.2 Å². The number of rotatable bonds is 7. The highest BCUT2D eigenvalue weighted by Gasteiger charge is 2.22. The Morgan fingerprint density at radius 1 is 1.29 bits per heavy atom. The molecule has 1 aliphatic rings. The molecule has 4 heterocycles. The number of thioether (sulfide) groups is 1. The van der Waals surface area contributed by atoms with E-state index in [-0.39, 0.29) is 0 Å². The second kappa shape index (κ2) is 9.15. The molecule has 1 saturated heterocycles. The predicted octanol–water partition coefficient (Wildman–Crippen LogP) is 4.14. The van der Waals surface area contributed by atoms with Crippen LogP contribution in [0.4, 0.5) is 10.2 Å². The molecule has 0 aliphatic carbocycles. The van der Waals surface area contributed by atoms with Crippen molar-refractivity contribution >= 4 is 39.1 Å². The van der Waals surface area contributed by atoms with Gasteiger partial charge < -0.3 is 10.2 Å². The summed E-state index contributed by atoms with van der Waals surface area (Å²) in [7, 11) is 0. The van der Waals surface area contributed by atoms with Crippen LogP contribution in [-0.2, 0) is 6.42 Å². The summed E-state index contributed by atoms with van der Waals surface area (Å²) < 4.78 is 14.3.